The average Bonchev–Trinajstić information content (AvgIpc) is 2.36. The lowest BCUT2D eigenvalue weighted by Crippen LogP contribution is -2.44. The number of nitrogens with two attached hydrogens (primary N) is 1. The van der Waals surface area contributed by atoms with Crippen LogP contribution in [0.25, 0.3) is 0 Å². The molecule has 108 valence electrons. The Hall–Kier alpha value is -1.01. The Morgan fingerprint density at radius 2 is 2.05 bits per heavy atom. The topological polar surface area (TPSA) is 73.6 Å². The maximum absolute atomic E-state index is 11.4. The maximum atomic E-state index is 11.4. The minimum atomic E-state index is -0.648. The lowest BCUT2D eigenvalue weighted by Gasteiger charge is -2.11. The number of ether oxygens (including phenoxy) is 2. The summed E-state index contributed by atoms with van der Waals surface area (Å²) in [4.78, 5) is 11.4. The molecule has 0 radical (unpaired) electrons. The van der Waals surface area contributed by atoms with Gasteiger partial charge in [0.15, 0.2) is 0 Å². The monoisotopic (exact) mass is 308 g/mol. The molecule has 1 amide bonds. The van der Waals surface area contributed by atoms with Crippen LogP contribution in [-0.4, -0.2) is 38.8 Å². The van der Waals surface area contributed by atoms with E-state index >= 15 is 0 Å². The van der Waals surface area contributed by atoms with Crippen LogP contribution in [0.15, 0.2) is 24.3 Å². The number of carbonyl (C=O) groups is 1. The molecule has 7 heteroatoms. The van der Waals surface area contributed by atoms with Crippen molar-refractivity contribution in [3.63, 3.8) is 0 Å². The number of halogens is 2. The van der Waals surface area contributed by atoms with Gasteiger partial charge in [-0.2, -0.15) is 0 Å². The molecule has 1 unspecified atom stereocenters. The van der Waals surface area contributed by atoms with Crippen LogP contribution < -0.4 is 15.8 Å². The first-order valence-corrected chi connectivity index (χ1v) is 5.92. The Morgan fingerprint density at radius 1 is 1.42 bits per heavy atom. The van der Waals surface area contributed by atoms with E-state index in [1.807, 2.05) is 0 Å². The van der Waals surface area contributed by atoms with Crippen molar-refractivity contribution in [2.75, 3.05) is 26.9 Å². The fourth-order valence-electron chi connectivity index (χ4n) is 1.26. The van der Waals surface area contributed by atoms with Crippen LogP contribution in [0.5, 0.6) is 5.75 Å². The lowest BCUT2D eigenvalue weighted by molar-refractivity contribution is -0.123. The van der Waals surface area contributed by atoms with Gasteiger partial charge in [-0.25, -0.2) is 0 Å². The molecule has 1 aromatic rings. The number of hydrogen-bond acceptors (Lipinski definition) is 4. The molecule has 0 fully saturated rings. The molecule has 0 aliphatic rings. The van der Waals surface area contributed by atoms with E-state index in [1.54, 1.807) is 24.3 Å². The van der Waals surface area contributed by atoms with Gasteiger partial charge in [-0.1, -0.05) is 11.6 Å². The largest absolute Gasteiger partial charge is 0.492 e. The summed E-state index contributed by atoms with van der Waals surface area (Å²) in [6.07, 6.45) is 0. The quantitative estimate of drug-likeness (QED) is 0.743. The fourth-order valence-corrected chi connectivity index (χ4v) is 1.39. The first-order valence-electron chi connectivity index (χ1n) is 5.54. The summed E-state index contributed by atoms with van der Waals surface area (Å²) < 4.78 is 10.2. The van der Waals surface area contributed by atoms with Crippen LogP contribution in [0.1, 0.15) is 0 Å². The molecular formula is C12H18Cl2N2O3. The second-order valence-corrected chi connectivity index (χ2v) is 4.09. The Morgan fingerprint density at radius 3 is 2.63 bits per heavy atom. The highest BCUT2D eigenvalue weighted by Gasteiger charge is 2.11. The van der Waals surface area contributed by atoms with E-state index in [1.165, 1.54) is 7.11 Å². The predicted molar refractivity (Wildman–Crippen MR) is 77.1 cm³/mol. The van der Waals surface area contributed by atoms with Gasteiger partial charge in [0.05, 0.1) is 13.2 Å². The van der Waals surface area contributed by atoms with E-state index in [2.05, 4.69) is 5.32 Å². The summed E-state index contributed by atoms with van der Waals surface area (Å²) in [5, 5.41) is 3.31. The molecule has 1 rings (SSSR count). The van der Waals surface area contributed by atoms with Crippen LogP contribution in [0.3, 0.4) is 0 Å². The number of nitrogens with one attached hydrogen (secondary N) is 1. The van der Waals surface area contributed by atoms with Crippen LogP contribution >= 0.6 is 24.0 Å². The zero-order valence-electron chi connectivity index (χ0n) is 10.6. The molecule has 0 saturated carbocycles. The molecule has 19 heavy (non-hydrogen) atoms. The second kappa shape index (κ2) is 9.86. The van der Waals surface area contributed by atoms with Crippen LogP contribution in [0, 0.1) is 0 Å². The van der Waals surface area contributed by atoms with Gasteiger partial charge in [0, 0.05) is 12.1 Å². The first kappa shape index (κ1) is 18.0. The Bertz CT molecular complexity index is 374. The Kier molecular flexibility index (Phi) is 9.34. The van der Waals surface area contributed by atoms with Crippen molar-refractivity contribution in [3.8, 4) is 5.75 Å². The molecule has 0 aliphatic carbocycles. The highest BCUT2D eigenvalue weighted by Crippen LogP contribution is 2.14. The van der Waals surface area contributed by atoms with Gasteiger partial charge in [-0.05, 0) is 24.3 Å². The zero-order valence-corrected chi connectivity index (χ0v) is 12.2. The summed E-state index contributed by atoms with van der Waals surface area (Å²) in [5.74, 6) is 0.450. The summed E-state index contributed by atoms with van der Waals surface area (Å²) in [5.41, 5.74) is 5.55. The molecule has 5 nitrogen and oxygen atoms in total. The molecule has 1 aromatic carbocycles. The summed E-state index contributed by atoms with van der Waals surface area (Å²) in [6.45, 7) is 0.954. The molecule has 0 heterocycles. The van der Waals surface area contributed by atoms with Crippen LogP contribution in [0.2, 0.25) is 5.02 Å². The molecular weight excluding hydrogens is 291 g/mol. The fraction of sp³-hybridized carbons (Fsp3) is 0.417. The third-order valence-electron chi connectivity index (χ3n) is 2.17. The average molecular weight is 309 g/mol. The van der Waals surface area contributed by atoms with E-state index in [-0.39, 0.29) is 24.9 Å². The third-order valence-corrected chi connectivity index (χ3v) is 2.42. The highest BCUT2D eigenvalue weighted by molar-refractivity contribution is 6.30. The first-order chi connectivity index (χ1) is 8.63. The van der Waals surface area contributed by atoms with Crippen LogP contribution in [0.4, 0.5) is 0 Å². The number of carbonyl (C=O) groups excluding carboxylic acids is 1. The maximum Gasteiger partial charge on any atom is 0.239 e. The smallest absolute Gasteiger partial charge is 0.239 e. The third kappa shape index (κ3) is 7.22. The predicted octanol–water partition coefficient (Wildman–Crippen LogP) is 1.23. The van der Waals surface area contributed by atoms with E-state index in [9.17, 15) is 4.79 Å². The molecule has 0 aliphatic heterocycles. The van der Waals surface area contributed by atoms with Gasteiger partial charge < -0.3 is 20.5 Å². The minimum absolute atomic E-state index is 0. The SMILES string of the molecule is COCC(N)C(=O)NCCOc1ccc(Cl)cc1.Cl. The molecule has 3 N–H and O–H groups in total. The van der Waals surface area contributed by atoms with E-state index < -0.39 is 6.04 Å². The van der Waals surface area contributed by atoms with E-state index in [0.717, 1.165) is 0 Å². The van der Waals surface area contributed by atoms with Crippen molar-refractivity contribution >= 4 is 29.9 Å². The van der Waals surface area contributed by atoms with Crippen molar-refractivity contribution in [1.29, 1.82) is 0 Å². The van der Waals surface area contributed by atoms with Gasteiger partial charge >= 0.3 is 0 Å². The molecule has 0 spiro atoms. The second-order valence-electron chi connectivity index (χ2n) is 3.66. The summed E-state index contributed by atoms with van der Waals surface area (Å²) in [6, 6.07) is 6.36. The molecule has 0 bridgehead atoms. The van der Waals surface area contributed by atoms with Gasteiger partial charge in [-0.3, -0.25) is 4.79 Å². The number of benzene rings is 1. The standard InChI is InChI=1S/C12H17ClN2O3.ClH/c1-17-8-11(14)12(16)15-6-7-18-10-4-2-9(13)3-5-10;/h2-5,11H,6-8,14H2,1H3,(H,15,16);1H. The van der Waals surface area contributed by atoms with Gasteiger partial charge in [-0.15, -0.1) is 12.4 Å². The van der Waals surface area contributed by atoms with Gasteiger partial charge in [0.25, 0.3) is 0 Å². The van der Waals surface area contributed by atoms with Crippen molar-refractivity contribution in [2.24, 2.45) is 5.73 Å². The molecule has 0 saturated heterocycles. The molecule has 1 atom stereocenters. The van der Waals surface area contributed by atoms with Crippen molar-refractivity contribution < 1.29 is 14.3 Å². The van der Waals surface area contributed by atoms with Gasteiger partial charge in [0.2, 0.25) is 5.91 Å². The van der Waals surface area contributed by atoms with Gasteiger partial charge in [0.1, 0.15) is 18.4 Å². The lowest BCUT2D eigenvalue weighted by atomic mass is 10.3. The summed E-state index contributed by atoms with van der Waals surface area (Å²) in [7, 11) is 1.50. The Balaban J connectivity index is 0.00000324. The summed E-state index contributed by atoms with van der Waals surface area (Å²) >= 11 is 5.74. The van der Waals surface area contributed by atoms with Crippen molar-refractivity contribution in [2.45, 2.75) is 6.04 Å². The number of hydrogen-bond donors (Lipinski definition) is 2. The Labute approximate surface area is 123 Å². The van der Waals surface area contributed by atoms with Crippen molar-refractivity contribution in [3.05, 3.63) is 29.3 Å². The highest BCUT2D eigenvalue weighted by atomic mass is 35.5. The number of rotatable bonds is 7. The van der Waals surface area contributed by atoms with E-state index in [0.29, 0.717) is 23.9 Å². The number of amides is 1. The zero-order chi connectivity index (χ0) is 13.4. The minimum Gasteiger partial charge on any atom is -0.492 e. The van der Waals surface area contributed by atoms with Crippen LogP contribution in [-0.2, 0) is 9.53 Å². The molecule has 0 aromatic heterocycles. The number of methoxy groups -OCH3 is 1. The van der Waals surface area contributed by atoms with E-state index in [4.69, 9.17) is 26.8 Å². The normalized spacial score (nSPS) is 11.3. The van der Waals surface area contributed by atoms with Crippen molar-refractivity contribution in [1.82, 2.24) is 5.32 Å².